The van der Waals surface area contributed by atoms with E-state index < -0.39 is 0 Å². The molecule has 0 fully saturated rings. The van der Waals surface area contributed by atoms with Gasteiger partial charge in [0.25, 0.3) is 0 Å². The van der Waals surface area contributed by atoms with Crippen molar-refractivity contribution < 1.29 is 9.53 Å². The summed E-state index contributed by atoms with van der Waals surface area (Å²) in [5.41, 5.74) is 1.34. The van der Waals surface area contributed by atoms with E-state index in [1.165, 1.54) is 56.9 Å². The fraction of sp³-hybridized carbons (Fsp3) is 0.870. The lowest BCUT2D eigenvalue weighted by atomic mass is 9.91. The van der Waals surface area contributed by atoms with Gasteiger partial charge in [-0.05, 0) is 43.6 Å². The Balaban J connectivity index is 3.64. The van der Waals surface area contributed by atoms with Gasteiger partial charge >= 0.3 is 5.97 Å². The number of rotatable bonds is 15. The van der Waals surface area contributed by atoms with Crippen molar-refractivity contribution in [2.24, 2.45) is 17.8 Å². The second kappa shape index (κ2) is 15.5. The highest BCUT2D eigenvalue weighted by atomic mass is 16.5. The molecule has 0 aromatic heterocycles. The Kier molecular flexibility index (Phi) is 15.0. The molecule has 0 aromatic rings. The van der Waals surface area contributed by atoms with Crippen LogP contribution >= 0.6 is 0 Å². The first kappa shape index (κ1) is 24.2. The first-order chi connectivity index (χ1) is 11.8. The Bertz CT molecular complexity index is 357. The fourth-order valence-corrected chi connectivity index (χ4v) is 3.19. The van der Waals surface area contributed by atoms with Crippen molar-refractivity contribution in [3.63, 3.8) is 0 Å². The van der Waals surface area contributed by atoms with E-state index in [1.807, 2.05) is 6.92 Å². The Hall–Kier alpha value is -0.790. The molecule has 0 heterocycles. The van der Waals surface area contributed by atoms with Gasteiger partial charge in [-0.1, -0.05) is 85.1 Å². The number of ether oxygens (including phenoxy) is 1. The summed E-state index contributed by atoms with van der Waals surface area (Å²) in [4.78, 5) is 11.1. The van der Waals surface area contributed by atoms with E-state index in [1.54, 1.807) is 0 Å². The van der Waals surface area contributed by atoms with Crippen LogP contribution in [0.5, 0.6) is 0 Å². The maximum atomic E-state index is 11.1. The number of carbonyl (C=O) groups is 1. The summed E-state index contributed by atoms with van der Waals surface area (Å²) >= 11 is 0. The van der Waals surface area contributed by atoms with Crippen LogP contribution in [0.4, 0.5) is 0 Å². The number of esters is 1. The van der Waals surface area contributed by atoms with Crippen LogP contribution in [0, 0.1) is 17.8 Å². The number of hydrogen-bond acceptors (Lipinski definition) is 2. The molecule has 0 aliphatic heterocycles. The maximum Gasteiger partial charge on any atom is 0.305 e. The summed E-state index contributed by atoms with van der Waals surface area (Å²) in [7, 11) is 0. The predicted octanol–water partition coefficient (Wildman–Crippen LogP) is 7.33. The summed E-state index contributed by atoms with van der Waals surface area (Å²) in [5, 5.41) is 0. The SMILES string of the molecule is CCC(=O)OC/C=C(\C)CCC[C@H](C)CCC[C@H](C)CCCC(C)C. The van der Waals surface area contributed by atoms with Crippen LogP contribution in [0.25, 0.3) is 0 Å². The standard InChI is InChI=1S/C23H44O2/c1-7-23(24)25-18-17-22(6)16-10-15-21(5)14-9-13-20(4)12-8-11-19(2)3/h17,19-21H,7-16,18H2,1-6H3/b22-17+/t20-,21-/m1/s1. The van der Waals surface area contributed by atoms with Gasteiger partial charge in [0.1, 0.15) is 6.61 Å². The van der Waals surface area contributed by atoms with E-state index in [-0.39, 0.29) is 5.97 Å². The first-order valence-corrected chi connectivity index (χ1v) is 10.7. The van der Waals surface area contributed by atoms with E-state index in [4.69, 9.17) is 4.74 Å². The molecular weight excluding hydrogens is 308 g/mol. The maximum absolute atomic E-state index is 11.1. The second-order valence-electron chi connectivity index (χ2n) is 8.45. The number of carbonyl (C=O) groups excluding carboxylic acids is 1. The Morgan fingerprint density at radius 3 is 1.92 bits per heavy atom. The molecule has 25 heavy (non-hydrogen) atoms. The average molecular weight is 353 g/mol. The number of hydrogen-bond donors (Lipinski definition) is 0. The molecule has 0 saturated heterocycles. The summed E-state index contributed by atoms with van der Waals surface area (Å²) < 4.78 is 5.09. The first-order valence-electron chi connectivity index (χ1n) is 10.7. The van der Waals surface area contributed by atoms with Crippen LogP contribution in [-0.4, -0.2) is 12.6 Å². The van der Waals surface area contributed by atoms with Gasteiger partial charge in [-0.15, -0.1) is 0 Å². The lowest BCUT2D eigenvalue weighted by Gasteiger charge is -2.15. The van der Waals surface area contributed by atoms with Gasteiger partial charge in [0.15, 0.2) is 0 Å². The van der Waals surface area contributed by atoms with Gasteiger partial charge in [-0.3, -0.25) is 4.79 Å². The minimum absolute atomic E-state index is 0.115. The molecule has 0 amide bonds. The normalized spacial score (nSPS) is 14.6. The summed E-state index contributed by atoms with van der Waals surface area (Å²) in [6.45, 7) is 13.9. The zero-order valence-corrected chi connectivity index (χ0v) is 17.9. The summed E-state index contributed by atoms with van der Waals surface area (Å²) in [5.74, 6) is 2.45. The van der Waals surface area contributed by atoms with Crippen molar-refractivity contribution in [1.82, 2.24) is 0 Å². The molecule has 0 aromatic carbocycles. The third-order valence-corrected chi connectivity index (χ3v) is 5.11. The molecular formula is C23H44O2. The predicted molar refractivity (Wildman–Crippen MR) is 110 cm³/mol. The lowest BCUT2D eigenvalue weighted by molar-refractivity contribution is -0.141. The molecule has 0 N–H and O–H groups in total. The smallest absolute Gasteiger partial charge is 0.305 e. The Labute approximate surface area is 157 Å². The van der Waals surface area contributed by atoms with E-state index in [9.17, 15) is 4.79 Å². The molecule has 0 rings (SSSR count). The second-order valence-corrected chi connectivity index (χ2v) is 8.45. The fourth-order valence-electron chi connectivity index (χ4n) is 3.19. The van der Waals surface area contributed by atoms with Crippen LogP contribution in [-0.2, 0) is 9.53 Å². The van der Waals surface area contributed by atoms with Crippen molar-refractivity contribution in [1.29, 1.82) is 0 Å². The highest BCUT2D eigenvalue weighted by molar-refractivity contribution is 5.68. The molecule has 0 unspecified atom stereocenters. The van der Waals surface area contributed by atoms with E-state index in [2.05, 4.69) is 40.7 Å². The van der Waals surface area contributed by atoms with Gasteiger partial charge in [-0.25, -0.2) is 0 Å². The molecule has 0 aliphatic carbocycles. The molecule has 0 bridgehead atoms. The highest BCUT2D eigenvalue weighted by Crippen LogP contribution is 2.22. The molecule has 2 atom stereocenters. The molecule has 0 spiro atoms. The van der Waals surface area contributed by atoms with Crippen LogP contribution in [0.3, 0.4) is 0 Å². The van der Waals surface area contributed by atoms with Gasteiger partial charge < -0.3 is 4.74 Å². The number of allylic oxidation sites excluding steroid dienone is 1. The average Bonchev–Trinajstić information content (AvgIpc) is 2.54. The molecule has 0 radical (unpaired) electrons. The zero-order valence-electron chi connectivity index (χ0n) is 17.9. The minimum Gasteiger partial charge on any atom is -0.461 e. The quantitative estimate of drug-likeness (QED) is 0.228. The summed E-state index contributed by atoms with van der Waals surface area (Å²) in [6, 6.07) is 0. The van der Waals surface area contributed by atoms with Gasteiger partial charge in [0.2, 0.25) is 0 Å². The van der Waals surface area contributed by atoms with Gasteiger partial charge in [-0.2, -0.15) is 0 Å². The third-order valence-electron chi connectivity index (χ3n) is 5.11. The summed E-state index contributed by atoms with van der Waals surface area (Å²) in [6.07, 6.45) is 14.5. The van der Waals surface area contributed by atoms with Crippen molar-refractivity contribution in [2.75, 3.05) is 6.61 Å². The molecule has 148 valence electrons. The highest BCUT2D eigenvalue weighted by Gasteiger charge is 2.06. The van der Waals surface area contributed by atoms with Crippen molar-refractivity contribution >= 4 is 5.97 Å². The third kappa shape index (κ3) is 16.4. The van der Waals surface area contributed by atoms with Crippen LogP contribution < -0.4 is 0 Å². The Morgan fingerprint density at radius 1 is 0.880 bits per heavy atom. The zero-order chi connectivity index (χ0) is 19.1. The van der Waals surface area contributed by atoms with E-state index in [0.29, 0.717) is 13.0 Å². The van der Waals surface area contributed by atoms with Crippen LogP contribution in [0.1, 0.15) is 106 Å². The molecule has 0 saturated carbocycles. The van der Waals surface area contributed by atoms with Crippen LogP contribution in [0.15, 0.2) is 11.6 Å². The lowest BCUT2D eigenvalue weighted by Crippen LogP contribution is -2.02. The topological polar surface area (TPSA) is 26.3 Å². The van der Waals surface area contributed by atoms with E-state index in [0.717, 1.165) is 24.2 Å². The van der Waals surface area contributed by atoms with Crippen molar-refractivity contribution in [2.45, 2.75) is 106 Å². The van der Waals surface area contributed by atoms with Crippen molar-refractivity contribution in [3.8, 4) is 0 Å². The minimum atomic E-state index is -0.115. The molecule has 2 nitrogen and oxygen atoms in total. The largest absolute Gasteiger partial charge is 0.461 e. The van der Waals surface area contributed by atoms with Gasteiger partial charge in [0.05, 0.1) is 0 Å². The van der Waals surface area contributed by atoms with Gasteiger partial charge in [0, 0.05) is 6.42 Å². The Morgan fingerprint density at radius 2 is 1.40 bits per heavy atom. The van der Waals surface area contributed by atoms with E-state index >= 15 is 0 Å². The van der Waals surface area contributed by atoms with Crippen molar-refractivity contribution in [3.05, 3.63) is 11.6 Å². The molecule has 0 aliphatic rings. The molecule has 2 heteroatoms. The van der Waals surface area contributed by atoms with Crippen LogP contribution in [0.2, 0.25) is 0 Å². The monoisotopic (exact) mass is 352 g/mol.